The number of rotatable bonds is 6. The SMILES string of the molecule is COc1ccc(Cl)cc1C(=O)CCC(=O)Nc1ccc(O)cc1. The van der Waals surface area contributed by atoms with Crippen LogP contribution >= 0.6 is 11.6 Å². The minimum atomic E-state index is -0.287. The standard InChI is InChI=1S/C17H16ClNO4/c1-23-16-8-2-11(18)10-14(16)15(21)7-9-17(22)19-12-3-5-13(20)6-4-12/h2-6,8,10,20H,7,9H2,1H3,(H,19,22). The van der Waals surface area contributed by atoms with Gasteiger partial charge in [-0.3, -0.25) is 9.59 Å². The number of nitrogens with one attached hydrogen (secondary N) is 1. The number of anilines is 1. The average molecular weight is 334 g/mol. The summed E-state index contributed by atoms with van der Waals surface area (Å²) in [6, 6.07) is 10.9. The van der Waals surface area contributed by atoms with Crippen LogP contribution in [0.15, 0.2) is 42.5 Å². The van der Waals surface area contributed by atoms with Gasteiger partial charge in [0.1, 0.15) is 11.5 Å². The van der Waals surface area contributed by atoms with Gasteiger partial charge in [-0.1, -0.05) is 11.6 Å². The minimum Gasteiger partial charge on any atom is -0.508 e. The molecule has 0 aromatic heterocycles. The summed E-state index contributed by atoms with van der Waals surface area (Å²) >= 11 is 5.89. The fraction of sp³-hybridized carbons (Fsp3) is 0.176. The molecule has 0 heterocycles. The number of hydrogen-bond acceptors (Lipinski definition) is 4. The first kappa shape index (κ1) is 16.8. The molecule has 2 aromatic carbocycles. The maximum Gasteiger partial charge on any atom is 0.224 e. The molecule has 0 radical (unpaired) electrons. The van der Waals surface area contributed by atoms with Crippen LogP contribution < -0.4 is 10.1 Å². The zero-order valence-corrected chi connectivity index (χ0v) is 13.3. The predicted molar refractivity (Wildman–Crippen MR) is 88.3 cm³/mol. The van der Waals surface area contributed by atoms with Gasteiger partial charge in [0.2, 0.25) is 5.91 Å². The van der Waals surface area contributed by atoms with Crippen LogP contribution in [0, 0.1) is 0 Å². The summed E-state index contributed by atoms with van der Waals surface area (Å²) < 4.78 is 5.13. The van der Waals surface area contributed by atoms with Crippen molar-refractivity contribution in [2.45, 2.75) is 12.8 Å². The largest absolute Gasteiger partial charge is 0.508 e. The molecule has 23 heavy (non-hydrogen) atoms. The molecule has 0 bridgehead atoms. The average Bonchev–Trinajstić information content (AvgIpc) is 2.54. The molecule has 0 unspecified atom stereocenters. The molecule has 0 aliphatic carbocycles. The molecule has 6 heteroatoms. The minimum absolute atomic E-state index is 0.0371. The number of Topliss-reactive ketones (excluding diaryl/α,β-unsaturated/α-hetero) is 1. The third-order valence-electron chi connectivity index (χ3n) is 3.19. The summed E-state index contributed by atoms with van der Waals surface area (Å²) in [5, 5.41) is 12.3. The molecule has 0 spiro atoms. The molecule has 120 valence electrons. The van der Waals surface area contributed by atoms with Gasteiger partial charge in [-0.05, 0) is 42.5 Å². The summed E-state index contributed by atoms with van der Waals surface area (Å²) in [6.45, 7) is 0. The molecular weight excluding hydrogens is 318 g/mol. The summed E-state index contributed by atoms with van der Waals surface area (Å²) in [4.78, 5) is 24.1. The van der Waals surface area contributed by atoms with Gasteiger partial charge in [-0.2, -0.15) is 0 Å². The van der Waals surface area contributed by atoms with Crippen LogP contribution in [0.25, 0.3) is 0 Å². The lowest BCUT2D eigenvalue weighted by Crippen LogP contribution is -2.13. The van der Waals surface area contributed by atoms with Crippen LogP contribution in [0.4, 0.5) is 5.69 Å². The zero-order chi connectivity index (χ0) is 16.8. The van der Waals surface area contributed by atoms with E-state index in [0.29, 0.717) is 22.0 Å². The number of aromatic hydroxyl groups is 1. The van der Waals surface area contributed by atoms with E-state index in [1.165, 1.54) is 25.3 Å². The number of carbonyl (C=O) groups excluding carboxylic acids is 2. The van der Waals surface area contributed by atoms with Crippen LogP contribution in [0.1, 0.15) is 23.2 Å². The highest BCUT2D eigenvalue weighted by atomic mass is 35.5. The Kier molecular flexibility index (Phi) is 5.60. The van der Waals surface area contributed by atoms with Crippen LogP contribution in [0.2, 0.25) is 5.02 Å². The fourth-order valence-electron chi connectivity index (χ4n) is 2.03. The molecule has 0 saturated heterocycles. The van der Waals surface area contributed by atoms with Crippen molar-refractivity contribution in [3.63, 3.8) is 0 Å². The second-order valence-electron chi connectivity index (χ2n) is 4.86. The summed E-state index contributed by atoms with van der Waals surface area (Å²) in [5.41, 5.74) is 0.915. The summed E-state index contributed by atoms with van der Waals surface area (Å²) in [5.74, 6) is 0.0415. The Balaban J connectivity index is 1.95. The number of benzene rings is 2. The second kappa shape index (κ2) is 7.65. The number of amides is 1. The van der Waals surface area contributed by atoms with Crippen molar-refractivity contribution < 1.29 is 19.4 Å². The summed E-state index contributed by atoms with van der Waals surface area (Å²) in [7, 11) is 1.47. The Hall–Kier alpha value is -2.53. The molecule has 0 fully saturated rings. The van der Waals surface area contributed by atoms with E-state index in [-0.39, 0.29) is 30.3 Å². The lowest BCUT2D eigenvalue weighted by Gasteiger charge is -2.08. The Morgan fingerprint density at radius 3 is 2.48 bits per heavy atom. The number of ether oxygens (including phenoxy) is 1. The zero-order valence-electron chi connectivity index (χ0n) is 12.5. The van der Waals surface area contributed by atoms with E-state index in [4.69, 9.17) is 16.3 Å². The van der Waals surface area contributed by atoms with E-state index in [9.17, 15) is 14.7 Å². The van der Waals surface area contributed by atoms with E-state index in [2.05, 4.69) is 5.32 Å². The quantitative estimate of drug-likeness (QED) is 0.625. The molecule has 1 amide bonds. The van der Waals surface area contributed by atoms with Crippen LogP contribution in [-0.4, -0.2) is 23.9 Å². The van der Waals surface area contributed by atoms with Crippen LogP contribution in [-0.2, 0) is 4.79 Å². The van der Waals surface area contributed by atoms with Gasteiger partial charge in [-0.25, -0.2) is 0 Å². The fourth-order valence-corrected chi connectivity index (χ4v) is 2.20. The topological polar surface area (TPSA) is 75.6 Å². The Labute approximate surface area is 138 Å². The highest BCUT2D eigenvalue weighted by Gasteiger charge is 2.14. The van der Waals surface area contributed by atoms with E-state index < -0.39 is 0 Å². The molecule has 5 nitrogen and oxygen atoms in total. The maximum absolute atomic E-state index is 12.2. The van der Waals surface area contributed by atoms with E-state index >= 15 is 0 Å². The number of phenolic OH excluding ortho intramolecular Hbond substituents is 1. The third-order valence-corrected chi connectivity index (χ3v) is 3.43. The van der Waals surface area contributed by atoms with Gasteiger partial charge in [-0.15, -0.1) is 0 Å². The van der Waals surface area contributed by atoms with Crippen molar-refractivity contribution >= 4 is 29.0 Å². The normalized spacial score (nSPS) is 10.2. The first-order valence-corrected chi connectivity index (χ1v) is 7.33. The summed E-state index contributed by atoms with van der Waals surface area (Å²) in [6.07, 6.45) is 0.0794. The van der Waals surface area contributed by atoms with E-state index in [1.807, 2.05) is 0 Å². The van der Waals surface area contributed by atoms with Crippen molar-refractivity contribution in [2.24, 2.45) is 0 Å². The lowest BCUT2D eigenvalue weighted by atomic mass is 10.1. The predicted octanol–water partition coefficient (Wildman–Crippen LogP) is 3.66. The Bertz CT molecular complexity index is 713. The molecule has 0 atom stereocenters. The number of phenols is 1. The molecule has 0 saturated carbocycles. The van der Waals surface area contributed by atoms with Crippen molar-refractivity contribution in [1.82, 2.24) is 0 Å². The highest BCUT2D eigenvalue weighted by Crippen LogP contribution is 2.24. The number of halogens is 1. The maximum atomic E-state index is 12.2. The Morgan fingerprint density at radius 1 is 1.13 bits per heavy atom. The number of methoxy groups -OCH3 is 1. The number of hydrogen-bond donors (Lipinski definition) is 2. The monoisotopic (exact) mass is 333 g/mol. The second-order valence-corrected chi connectivity index (χ2v) is 5.30. The molecule has 0 aliphatic rings. The van der Waals surface area contributed by atoms with E-state index in [0.717, 1.165) is 0 Å². The van der Waals surface area contributed by atoms with Crippen molar-refractivity contribution in [2.75, 3.05) is 12.4 Å². The van der Waals surface area contributed by atoms with Gasteiger partial charge < -0.3 is 15.2 Å². The molecule has 2 aromatic rings. The number of ketones is 1. The molecular formula is C17H16ClNO4. The first-order chi connectivity index (χ1) is 11.0. The van der Waals surface area contributed by atoms with E-state index in [1.54, 1.807) is 24.3 Å². The van der Waals surface area contributed by atoms with Gasteiger partial charge in [0.15, 0.2) is 5.78 Å². The van der Waals surface area contributed by atoms with Crippen molar-refractivity contribution in [3.8, 4) is 11.5 Å². The molecule has 0 aliphatic heterocycles. The van der Waals surface area contributed by atoms with Gasteiger partial charge >= 0.3 is 0 Å². The van der Waals surface area contributed by atoms with Gasteiger partial charge in [0.05, 0.1) is 12.7 Å². The van der Waals surface area contributed by atoms with Crippen LogP contribution in [0.5, 0.6) is 11.5 Å². The van der Waals surface area contributed by atoms with Crippen molar-refractivity contribution in [1.29, 1.82) is 0 Å². The lowest BCUT2D eigenvalue weighted by molar-refractivity contribution is -0.116. The smallest absolute Gasteiger partial charge is 0.224 e. The first-order valence-electron chi connectivity index (χ1n) is 6.95. The molecule has 2 rings (SSSR count). The Morgan fingerprint density at radius 2 is 1.83 bits per heavy atom. The third kappa shape index (κ3) is 4.72. The highest BCUT2D eigenvalue weighted by molar-refractivity contribution is 6.31. The van der Waals surface area contributed by atoms with Crippen LogP contribution in [0.3, 0.4) is 0 Å². The van der Waals surface area contributed by atoms with Gasteiger partial charge in [0, 0.05) is 23.6 Å². The molecule has 2 N–H and O–H groups in total. The van der Waals surface area contributed by atoms with Gasteiger partial charge in [0.25, 0.3) is 0 Å². The van der Waals surface area contributed by atoms with Crippen molar-refractivity contribution in [3.05, 3.63) is 53.1 Å². The number of carbonyl (C=O) groups is 2.